The SMILES string of the molecule is [B]C12[B]C13CCC(CC/C(N)=N/NN)CC3CC(C(=O)OCC(=O)OCC)N2. The van der Waals surface area contributed by atoms with E-state index in [0.29, 0.717) is 30.5 Å². The number of esters is 2. The number of amidine groups is 1. The molecule has 28 heavy (non-hydrogen) atoms. The molecule has 3 fully saturated rings. The molecule has 3 aliphatic rings. The molecule has 3 rings (SSSR count). The van der Waals surface area contributed by atoms with E-state index >= 15 is 0 Å². The largest absolute Gasteiger partial charge is 0.463 e. The summed E-state index contributed by atoms with van der Waals surface area (Å²) in [5.41, 5.74) is 8.01. The maximum atomic E-state index is 12.4. The van der Waals surface area contributed by atoms with Crippen molar-refractivity contribution in [2.75, 3.05) is 13.2 Å². The number of nitrogens with zero attached hydrogens (tertiary/aromatic N) is 1. The van der Waals surface area contributed by atoms with Crippen molar-refractivity contribution in [3.8, 4) is 0 Å². The zero-order valence-electron chi connectivity index (χ0n) is 16.3. The fraction of sp³-hybridized carbons (Fsp3) is 0.824. The Kier molecular flexibility index (Phi) is 6.24. The van der Waals surface area contributed by atoms with Gasteiger partial charge in [0.05, 0.1) is 14.5 Å². The van der Waals surface area contributed by atoms with E-state index in [1.165, 1.54) is 0 Å². The van der Waals surface area contributed by atoms with Crippen LogP contribution in [0.4, 0.5) is 0 Å². The molecule has 5 atom stereocenters. The number of carbonyl (C=O) groups is 2. The van der Waals surface area contributed by atoms with Crippen LogP contribution in [0.3, 0.4) is 0 Å². The Morgan fingerprint density at radius 3 is 2.89 bits per heavy atom. The Balaban J connectivity index is 1.56. The number of nitrogens with two attached hydrogens (primary N) is 2. The maximum absolute atomic E-state index is 12.4. The predicted molar refractivity (Wildman–Crippen MR) is 105 cm³/mol. The number of hydrazone groups is 1. The van der Waals surface area contributed by atoms with E-state index in [-0.39, 0.29) is 18.5 Å². The molecule has 2 saturated heterocycles. The third-order valence-corrected chi connectivity index (χ3v) is 6.36. The topological polar surface area (TPSA) is 141 Å². The molecule has 0 bridgehead atoms. The number of hydrazine groups is 1. The second-order valence-corrected chi connectivity index (χ2v) is 8.01. The van der Waals surface area contributed by atoms with Gasteiger partial charge in [0.25, 0.3) is 0 Å². The molecule has 6 N–H and O–H groups in total. The van der Waals surface area contributed by atoms with Gasteiger partial charge < -0.3 is 20.5 Å². The zero-order chi connectivity index (χ0) is 20.4. The third-order valence-electron chi connectivity index (χ3n) is 6.36. The van der Waals surface area contributed by atoms with Gasteiger partial charge in [-0.25, -0.2) is 16.2 Å². The Labute approximate surface area is 167 Å². The highest BCUT2D eigenvalue weighted by molar-refractivity contribution is 6.72. The van der Waals surface area contributed by atoms with Crippen molar-refractivity contribution in [2.24, 2.45) is 28.5 Å². The summed E-state index contributed by atoms with van der Waals surface area (Å²) in [4.78, 5) is 23.9. The molecular formula is C17H28B2N5O4. The average molecular weight is 388 g/mol. The fourth-order valence-corrected chi connectivity index (χ4v) is 4.94. The minimum absolute atomic E-state index is 0.0557. The average Bonchev–Trinajstić information content (AvgIpc) is 3.27. The maximum Gasteiger partial charge on any atom is 0.344 e. The van der Waals surface area contributed by atoms with Crippen LogP contribution in [-0.4, -0.2) is 57.5 Å². The summed E-state index contributed by atoms with van der Waals surface area (Å²) in [6, 6.07) is -0.525. The number of piperidine rings is 1. The molecule has 151 valence electrons. The Hall–Kier alpha value is -1.74. The standard InChI is InChI=1S/C17H28B2N5O4/c1-2-27-14(25)9-28-15(26)12-8-11-7-10(3-4-13(20)23-24-21)5-6-16(11)17(18,19-16)22-12/h10-12,22,24H,2-9,21H2,1H3,(H2,20,23). The molecule has 0 aromatic heterocycles. The molecule has 1 spiro atoms. The normalized spacial score (nSPS) is 36.4. The molecule has 1 aliphatic carbocycles. The van der Waals surface area contributed by atoms with E-state index in [4.69, 9.17) is 28.9 Å². The van der Waals surface area contributed by atoms with Crippen molar-refractivity contribution >= 4 is 32.9 Å². The van der Waals surface area contributed by atoms with Crippen LogP contribution in [-0.2, 0) is 19.1 Å². The van der Waals surface area contributed by atoms with E-state index < -0.39 is 23.3 Å². The van der Waals surface area contributed by atoms with Gasteiger partial charge in [0, 0.05) is 6.42 Å². The molecule has 0 aromatic carbocycles. The smallest absolute Gasteiger partial charge is 0.344 e. The van der Waals surface area contributed by atoms with Gasteiger partial charge in [-0.05, 0) is 43.4 Å². The molecule has 0 amide bonds. The van der Waals surface area contributed by atoms with Gasteiger partial charge in [0.2, 0.25) is 0 Å². The van der Waals surface area contributed by atoms with Crippen molar-refractivity contribution in [3.63, 3.8) is 0 Å². The van der Waals surface area contributed by atoms with Crippen molar-refractivity contribution < 1.29 is 19.1 Å². The Morgan fingerprint density at radius 2 is 2.18 bits per heavy atom. The van der Waals surface area contributed by atoms with Crippen LogP contribution >= 0.6 is 0 Å². The molecule has 1 saturated carbocycles. The zero-order valence-corrected chi connectivity index (χ0v) is 16.3. The molecule has 2 heterocycles. The van der Waals surface area contributed by atoms with Crippen LogP contribution in [0.1, 0.15) is 45.4 Å². The first kappa shape index (κ1) is 21.0. The van der Waals surface area contributed by atoms with Crippen LogP contribution in [0.2, 0.25) is 5.31 Å². The Bertz CT molecular complexity index is 651. The number of rotatable bonds is 8. The predicted octanol–water partition coefficient (Wildman–Crippen LogP) is -0.915. The van der Waals surface area contributed by atoms with Gasteiger partial charge >= 0.3 is 11.9 Å². The van der Waals surface area contributed by atoms with E-state index in [1.807, 2.05) is 0 Å². The van der Waals surface area contributed by atoms with Gasteiger partial charge in [0.1, 0.15) is 19.2 Å². The van der Waals surface area contributed by atoms with E-state index in [2.05, 4.69) is 23.2 Å². The van der Waals surface area contributed by atoms with Gasteiger partial charge in [-0.15, -0.1) is 0 Å². The summed E-state index contributed by atoms with van der Waals surface area (Å²) in [6.07, 6.45) is 5.27. The van der Waals surface area contributed by atoms with Crippen molar-refractivity contribution in [1.82, 2.24) is 10.9 Å². The molecule has 2 aliphatic heterocycles. The van der Waals surface area contributed by atoms with E-state index in [1.54, 1.807) is 6.92 Å². The number of hydrogen-bond acceptors (Lipinski definition) is 8. The number of carbonyl (C=O) groups excluding carboxylic acids is 2. The molecule has 9 nitrogen and oxygen atoms in total. The minimum Gasteiger partial charge on any atom is -0.463 e. The monoisotopic (exact) mass is 388 g/mol. The van der Waals surface area contributed by atoms with Crippen molar-refractivity contribution in [1.29, 1.82) is 0 Å². The second kappa shape index (κ2) is 8.32. The van der Waals surface area contributed by atoms with E-state index in [9.17, 15) is 9.59 Å². The lowest BCUT2D eigenvalue weighted by molar-refractivity contribution is -0.160. The molecule has 5 unspecified atom stereocenters. The molecule has 11 heteroatoms. The van der Waals surface area contributed by atoms with Crippen molar-refractivity contribution in [3.05, 3.63) is 0 Å². The minimum atomic E-state index is -0.640. The third kappa shape index (κ3) is 4.15. The summed E-state index contributed by atoms with van der Waals surface area (Å²) in [5.74, 6) is 5.42. The van der Waals surface area contributed by atoms with Gasteiger partial charge in [-0.3, -0.25) is 4.79 Å². The van der Waals surface area contributed by atoms with Crippen LogP contribution in [0.15, 0.2) is 5.10 Å². The highest BCUT2D eigenvalue weighted by Gasteiger charge is 2.71. The molecular weight excluding hydrogens is 360 g/mol. The highest BCUT2D eigenvalue weighted by Crippen LogP contribution is 2.69. The number of nitrogens with one attached hydrogen (secondary N) is 2. The van der Waals surface area contributed by atoms with Crippen LogP contribution in [0, 0.1) is 11.8 Å². The summed E-state index contributed by atoms with van der Waals surface area (Å²) < 4.78 is 9.91. The first-order chi connectivity index (χ1) is 13.3. The number of ether oxygens (including phenoxy) is 2. The summed E-state index contributed by atoms with van der Waals surface area (Å²) in [5, 5.41) is 6.33. The van der Waals surface area contributed by atoms with Gasteiger partial charge in [0.15, 0.2) is 6.61 Å². The van der Waals surface area contributed by atoms with Crippen LogP contribution in [0.5, 0.6) is 0 Å². The lowest BCUT2D eigenvalue weighted by atomic mass is 9.60. The highest BCUT2D eigenvalue weighted by atomic mass is 16.6. The lowest BCUT2D eigenvalue weighted by Gasteiger charge is -2.47. The van der Waals surface area contributed by atoms with Gasteiger partial charge in [-0.2, -0.15) is 5.10 Å². The summed E-state index contributed by atoms with van der Waals surface area (Å²) in [6.45, 7) is 1.58. The lowest BCUT2D eigenvalue weighted by Crippen LogP contribution is -2.55. The summed E-state index contributed by atoms with van der Waals surface area (Å²) >= 11 is 0. The fourth-order valence-electron chi connectivity index (χ4n) is 4.94. The van der Waals surface area contributed by atoms with Crippen LogP contribution < -0.4 is 22.4 Å². The molecule has 0 aromatic rings. The second-order valence-electron chi connectivity index (χ2n) is 8.01. The Morgan fingerprint density at radius 1 is 1.39 bits per heavy atom. The number of hydrogen-bond donors (Lipinski definition) is 4. The first-order valence-electron chi connectivity index (χ1n) is 9.87. The van der Waals surface area contributed by atoms with Crippen molar-refractivity contribution in [2.45, 2.75) is 62.1 Å². The summed E-state index contributed by atoms with van der Waals surface area (Å²) in [7, 11) is 8.64. The van der Waals surface area contributed by atoms with Crippen LogP contribution in [0.25, 0.3) is 0 Å². The first-order valence-corrected chi connectivity index (χ1v) is 9.87. The quantitative estimate of drug-likeness (QED) is 0.105. The molecule has 3 radical (unpaired) electrons. The van der Waals surface area contributed by atoms with Gasteiger partial charge in [-0.1, -0.05) is 18.2 Å². The van der Waals surface area contributed by atoms with E-state index in [0.717, 1.165) is 25.7 Å².